The standard InChI is InChI=1S/C14H22N2O3/c1-2-16-6-3-11(4-7-16)9-15-10-13-12(14(17)18)5-8-19-13/h5,8,11,15H,2-4,6-7,9-10H2,1H3,(H,17,18). The van der Waals surface area contributed by atoms with Crippen LogP contribution in [0.4, 0.5) is 0 Å². The largest absolute Gasteiger partial charge is 0.478 e. The summed E-state index contributed by atoms with van der Waals surface area (Å²) in [5.41, 5.74) is 0.258. The first-order valence-corrected chi connectivity index (χ1v) is 6.93. The molecule has 0 aromatic carbocycles. The van der Waals surface area contributed by atoms with E-state index in [2.05, 4.69) is 17.1 Å². The topological polar surface area (TPSA) is 65.7 Å². The molecule has 2 heterocycles. The maximum atomic E-state index is 10.9. The number of hydrogen-bond donors (Lipinski definition) is 2. The van der Waals surface area contributed by atoms with Crippen LogP contribution in [0.5, 0.6) is 0 Å². The zero-order valence-corrected chi connectivity index (χ0v) is 11.4. The lowest BCUT2D eigenvalue weighted by molar-refractivity contribution is 0.0694. The molecule has 0 unspecified atom stereocenters. The first-order valence-electron chi connectivity index (χ1n) is 6.93. The minimum atomic E-state index is -0.929. The van der Waals surface area contributed by atoms with E-state index in [4.69, 9.17) is 9.52 Å². The van der Waals surface area contributed by atoms with Gasteiger partial charge in [0.25, 0.3) is 0 Å². The molecule has 0 spiro atoms. The van der Waals surface area contributed by atoms with Crippen LogP contribution in [0.25, 0.3) is 0 Å². The van der Waals surface area contributed by atoms with E-state index in [-0.39, 0.29) is 5.56 Å². The fraction of sp³-hybridized carbons (Fsp3) is 0.643. The molecule has 0 amide bonds. The third-order valence-corrected chi connectivity index (χ3v) is 3.85. The first kappa shape index (κ1) is 14.1. The van der Waals surface area contributed by atoms with Gasteiger partial charge in [-0.3, -0.25) is 0 Å². The van der Waals surface area contributed by atoms with Gasteiger partial charge < -0.3 is 19.7 Å². The van der Waals surface area contributed by atoms with E-state index < -0.39 is 5.97 Å². The van der Waals surface area contributed by atoms with E-state index >= 15 is 0 Å². The highest BCUT2D eigenvalue weighted by Gasteiger charge is 2.18. The summed E-state index contributed by atoms with van der Waals surface area (Å²) >= 11 is 0. The number of aromatic carboxylic acids is 1. The van der Waals surface area contributed by atoms with Gasteiger partial charge in [0.15, 0.2) is 0 Å². The van der Waals surface area contributed by atoms with Gasteiger partial charge in [-0.1, -0.05) is 6.92 Å². The summed E-state index contributed by atoms with van der Waals surface area (Å²) in [5.74, 6) is 0.270. The van der Waals surface area contributed by atoms with Crippen LogP contribution in [0.1, 0.15) is 35.9 Å². The number of hydrogen-bond acceptors (Lipinski definition) is 4. The average Bonchev–Trinajstić information content (AvgIpc) is 2.88. The predicted octanol–water partition coefficient (Wildman–Crippen LogP) is 1.80. The van der Waals surface area contributed by atoms with Crippen molar-refractivity contribution in [2.75, 3.05) is 26.2 Å². The van der Waals surface area contributed by atoms with Gasteiger partial charge >= 0.3 is 5.97 Å². The van der Waals surface area contributed by atoms with E-state index in [9.17, 15) is 4.79 Å². The lowest BCUT2D eigenvalue weighted by atomic mass is 9.97. The number of rotatable bonds is 6. The molecule has 1 aromatic rings. The zero-order valence-electron chi connectivity index (χ0n) is 11.4. The third-order valence-electron chi connectivity index (χ3n) is 3.85. The molecule has 2 rings (SSSR count). The molecule has 2 N–H and O–H groups in total. The second kappa shape index (κ2) is 6.73. The normalized spacial score (nSPS) is 17.7. The van der Waals surface area contributed by atoms with Gasteiger partial charge in [-0.15, -0.1) is 0 Å². The van der Waals surface area contributed by atoms with Crippen molar-refractivity contribution in [2.45, 2.75) is 26.3 Å². The maximum absolute atomic E-state index is 10.9. The summed E-state index contributed by atoms with van der Waals surface area (Å²) < 4.78 is 5.20. The fourth-order valence-corrected chi connectivity index (χ4v) is 2.56. The summed E-state index contributed by atoms with van der Waals surface area (Å²) in [7, 11) is 0. The van der Waals surface area contributed by atoms with Gasteiger partial charge in [0.05, 0.1) is 12.8 Å². The molecule has 5 heteroatoms. The Kier molecular flexibility index (Phi) is 4.99. The Balaban J connectivity index is 1.72. The van der Waals surface area contributed by atoms with Crippen molar-refractivity contribution in [3.8, 4) is 0 Å². The van der Waals surface area contributed by atoms with Crippen LogP contribution in [-0.4, -0.2) is 42.2 Å². The molecular formula is C14H22N2O3. The minimum absolute atomic E-state index is 0.258. The zero-order chi connectivity index (χ0) is 13.7. The van der Waals surface area contributed by atoms with Crippen LogP contribution >= 0.6 is 0 Å². The summed E-state index contributed by atoms with van der Waals surface area (Å²) in [4.78, 5) is 13.4. The fourth-order valence-electron chi connectivity index (χ4n) is 2.56. The molecule has 19 heavy (non-hydrogen) atoms. The molecule has 1 aliphatic rings. The summed E-state index contributed by atoms with van der Waals surface area (Å²) in [6.45, 7) is 7.09. The van der Waals surface area contributed by atoms with E-state index in [0.717, 1.165) is 13.1 Å². The van der Waals surface area contributed by atoms with Crippen molar-refractivity contribution in [2.24, 2.45) is 5.92 Å². The molecule has 0 atom stereocenters. The molecule has 0 aliphatic carbocycles. The molecule has 106 valence electrons. The maximum Gasteiger partial charge on any atom is 0.339 e. The molecule has 1 aromatic heterocycles. The van der Waals surface area contributed by atoms with Gasteiger partial charge in [0.1, 0.15) is 11.3 Å². The van der Waals surface area contributed by atoms with Crippen molar-refractivity contribution in [1.82, 2.24) is 10.2 Å². The Morgan fingerprint density at radius 2 is 2.26 bits per heavy atom. The van der Waals surface area contributed by atoms with Crippen molar-refractivity contribution >= 4 is 5.97 Å². The quantitative estimate of drug-likeness (QED) is 0.822. The molecule has 5 nitrogen and oxygen atoms in total. The Labute approximate surface area is 113 Å². The number of carbonyl (C=O) groups is 1. The smallest absolute Gasteiger partial charge is 0.339 e. The van der Waals surface area contributed by atoms with Crippen LogP contribution in [0.2, 0.25) is 0 Å². The number of furan rings is 1. The number of carboxylic acid groups (broad SMARTS) is 1. The number of likely N-dealkylation sites (tertiary alicyclic amines) is 1. The number of nitrogens with one attached hydrogen (secondary N) is 1. The summed E-state index contributed by atoms with van der Waals surface area (Å²) in [6, 6.07) is 1.50. The summed E-state index contributed by atoms with van der Waals surface area (Å²) in [5, 5.41) is 12.3. The van der Waals surface area contributed by atoms with Crippen molar-refractivity contribution in [3.63, 3.8) is 0 Å². The molecule has 1 saturated heterocycles. The Hall–Kier alpha value is -1.33. The highest BCUT2D eigenvalue weighted by molar-refractivity contribution is 5.88. The van der Waals surface area contributed by atoms with E-state index in [1.165, 1.54) is 38.3 Å². The summed E-state index contributed by atoms with van der Waals surface area (Å²) in [6.07, 6.45) is 3.86. The van der Waals surface area contributed by atoms with E-state index in [1.54, 1.807) is 0 Å². The highest BCUT2D eigenvalue weighted by atomic mass is 16.4. The van der Waals surface area contributed by atoms with E-state index in [1.807, 2.05) is 0 Å². The van der Waals surface area contributed by atoms with Gasteiger partial charge in [0, 0.05) is 0 Å². The monoisotopic (exact) mass is 266 g/mol. The van der Waals surface area contributed by atoms with Crippen LogP contribution in [-0.2, 0) is 6.54 Å². The second-order valence-corrected chi connectivity index (χ2v) is 5.07. The second-order valence-electron chi connectivity index (χ2n) is 5.07. The van der Waals surface area contributed by atoms with Crippen LogP contribution in [0.15, 0.2) is 16.7 Å². The average molecular weight is 266 g/mol. The minimum Gasteiger partial charge on any atom is -0.478 e. The SMILES string of the molecule is CCN1CCC(CNCc2occc2C(=O)O)CC1. The van der Waals surface area contributed by atoms with Gasteiger partial charge in [0.2, 0.25) is 0 Å². The first-order chi connectivity index (χ1) is 9.20. The molecular weight excluding hydrogens is 244 g/mol. The van der Waals surface area contributed by atoms with Crippen LogP contribution in [0.3, 0.4) is 0 Å². The number of piperidine rings is 1. The van der Waals surface area contributed by atoms with Crippen molar-refractivity contribution < 1.29 is 14.3 Å². The van der Waals surface area contributed by atoms with Crippen LogP contribution < -0.4 is 5.32 Å². The lowest BCUT2D eigenvalue weighted by Crippen LogP contribution is -2.37. The van der Waals surface area contributed by atoms with Gasteiger partial charge in [-0.2, -0.15) is 0 Å². The van der Waals surface area contributed by atoms with Crippen molar-refractivity contribution in [1.29, 1.82) is 0 Å². The lowest BCUT2D eigenvalue weighted by Gasteiger charge is -2.31. The number of nitrogens with zero attached hydrogens (tertiary/aromatic N) is 1. The molecule has 1 aliphatic heterocycles. The Morgan fingerprint density at radius 3 is 2.89 bits per heavy atom. The van der Waals surface area contributed by atoms with Gasteiger partial charge in [-0.25, -0.2) is 4.79 Å². The molecule has 0 saturated carbocycles. The van der Waals surface area contributed by atoms with Gasteiger partial charge in [-0.05, 0) is 51.0 Å². The Bertz CT molecular complexity index is 409. The predicted molar refractivity (Wildman–Crippen MR) is 72.2 cm³/mol. The molecule has 0 radical (unpaired) electrons. The van der Waals surface area contributed by atoms with Crippen LogP contribution in [0, 0.1) is 5.92 Å². The molecule has 1 fully saturated rings. The molecule has 0 bridgehead atoms. The number of carboxylic acids is 1. The Morgan fingerprint density at radius 1 is 1.53 bits per heavy atom. The van der Waals surface area contributed by atoms with Crippen molar-refractivity contribution in [3.05, 3.63) is 23.7 Å². The highest BCUT2D eigenvalue weighted by Crippen LogP contribution is 2.16. The van der Waals surface area contributed by atoms with E-state index in [0.29, 0.717) is 18.2 Å². The third kappa shape index (κ3) is 3.81.